The first-order valence-corrected chi connectivity index (χ1v) is 10.6. The zero-order valence-corrected chi connectivity index (χ0v) is 17.9. The average Bonchev–Trinajstić information content (AvgIpc) is 3.18. The van der Waals surface area contributed by atoms with E-state index in [4.69, 9.17) is 4.98 Å². The van der Waals surface area contributed by atoms with Gasteiger partial charge in [0.05, 0.1) is 11.0 Å². The van der Waals surface area contributed by atoms with Gasteiger partial charge >= 0.3 is 0 Å². The molecule has 7 heteroatoms. The number of likely N-dealkylation sites (N-methyl/N-ethyl adjacent to an activating group) is 1. The lowest BCUT2D eigenvalue weighted by Crippen LogP contribution is -2.34. The first-order chi connectivity index (χ1) is 15.7. The number of imidazole rings is 1. The Morgan fingerprint density at radius 3 is 2.44 bits per heavy atom. The van der Waals surface area contributed by atoms with Gasteiger partial charge in [0.15, 0.2) is 0 Å². The second kappa shape index (κ2) is 9.87. The maximum Gasteiger partial charge on any atom is 0.251 e. The predicted octanol–water partition coefficient (Wildman–Crippen LogP) is 3.46. The van der Waals surface area contributed by atoms with Crippen LogP contribution >= 0.6 is 0 Å². The number of nitrogens with zero attached hydrogens (tertiary/aromatic N) is 4. The number of aromatic nitrogens is 3. The number of amides is 2. The molecule has 7 nitrogen and oxygen atoms in total. The van der Waals surface area contributed by atoms with Crippen molar-refractivity contribution in [2.75, 3.05) is 18.0 Å². The van der Waals surface area contributed by atoms with Crippen molar-refractivity contribution in [1.82, 2.24) is 19.9 Å². The number of anilines is 1. The van der Waals surface area contributed by atoms with E-state index in [1.54, 1.807) is 29.4 Å². The van der Waals surface area contributed by atoms with Crippen LogP contribution < -0.4 is 10.2 Å². The first-order valence-electron chi connectivity index (χ1n) is 10.6. The van der Waals surface area contributed by atoms with Gasteiger partial charge < -0.3 is 14.8 Å². The third-order valence-corrected chi connectivity index (χ3v) is 5.29. The fourth-order valence-corrected chi connectivity index (χ4v) is 3.72. The highest BCUT2D eigenvalue weighted by Gasteiger charge is 2.18. The predicted molar refractivity (Wildman–Crippen MR) is 124 cm³/mol. The van der Waals surface area contributed by atoms with Crippen molar-refractivity contribution in [3.05, 3.63) is 90.5 Å². The molecule has 0 saturated carbocycles. The Labute approximate surface area is 186 Å². The summed E-state index contributed by atoms with van der Waals surface area (Å²) in [7, 11) is 0. The van der Waals surface area contributed by atoms with Crippen LogP contribution in [0.3, 0.4) is 0 Å². The number of nitrogens with one attached hydrogen (secondary N) is 1. The number of para-hydroxylation sites is 3. The van der Waals surface area contributed by atoms with Gasteiger partial charge in [0, 0.05) is 43.2 Å². The van der Waals surface area contributed by atoms with E-state index in [-0.39, 0.29) is 18.4 Å². The fraction of sp³-hybridized carbons (Fsp3) is 0.200. The Balaban J connectivity index is 1.52. The van der Waals surface area contributed by atoms with Crippen molar-refractivity contribution in [3.8, 4) is 0 Å². The maximum absolute atomic E-state index is 13.2. The summed E-state index contributed by atoms with van der Waals surface area (Å²) in [5.74, 6) is 0.593. The van der Waals surface area contributed by atoms with Crippen LogP contribution in [-0.4, -0.2) is 39.4 Å². The van der Waals surface area contributed by atoms with Gasteiger partial charge in [-0.15, -0.1) is 0 Å². The smallest absolute Gasteiger partial charge is 0.251 e. The summed E-state index contributed by atoms with van der Waals surface area (Å²) in [6, 6.07) is 20.8. The summed E-state index contributed by atoms with van der Waals surface area (Å²) in [5, 5.41) is 2.92. The van der Waals surface area contributed by atoms with Crippen molar-refractivity contribution >= 4 is 28.5 Å². The normalized spacial score (nSPS) is 10.8. The van der Waals surface area contributed by atoms with Gasteiger partial charge in [-0.2, -0.15) is 0 Å². The Bertz CT molecular complexity index is 1200. The molecule has 2 heterocycles. The zero-order valence-electron chi connectivity index (χ0n) is 17.9. The molecule has 0 radical (unpaired) electrons. The largest absolute Gasteiger partial charge is 0.352 e. The Morgan fingerprint density at radius 2 is 1.69 bits per heavy atom. The SMILES string of the molecule is CCN(C(=O)Cn1c(CCNC(=O)c2ccncc2)nc2ccccc21)c1ccccc1. The van der Waals surface area contributed by atoms with Gasteiger partial charge in [-0.05, 0) is 43.3 Å². The van der Waals surface area contributed by atoms with E-state index < -0.39 is 0 Å². The monoisotopic (exact) mass is 427 g/mol. The molecule has 0 aliphatic heterocycles. The van der Waals surface area contributed by atoms with E-state index >= 15 is 0 Å². The minimum atomic E-state index is -0.160. The van der Waals surface area contributed by atoms with Gasteiger partial charge in [-0.25, -0.2) is 4.98 Å². The quantitative estimate of drug-likeness (QED) is 0.467. The van der Waals surface area contributed by atoms with Crippen LogP contribution in [0.15, 0.2) is 79.1 Å². The molecule has 162 valence electrons. The molecule has 0 saturated heterocycles. The number of hydrogen-bond acceptors (Lipinski definition) is 4. The van der Waals surface area contributed by atoms with Crippen LogP contribution in [0.5, 0.6) is 0 Å². The van der Waals surface area contributed by atoms with Gasteiger partial charge in [-0.1, -0.05) is 30.3 Å². The molecule has 0 fully saturated rings. The highest BCUT2D eigenvalue weighted by Crippen LogP contribution is 2.19. The van der Waals surface area contributed by atoms with Crippen molar-refractivity contribution in [2.24, 2.45) is 0 Å². The molecule has 4 rings (SSSR count). The van der Waals surface area contributed by atoms with Crippen molar-refractivity contribution < 1.29 is 9.59 Å². The van der Waals surface area contributed by atoms with Crippen molar-refractivity contribution in [1.29, 1.82) is 0 Å². The minimum absolute atomic E-state index is 0.0103. The van der Waals surface area contributed by atoms with Crippen molar-refractivity contribution in [2.45, 2.75) is 19.9 Å². The van der Waals surface area contributed by atoms with Gasteiger partial charge in [0.1, 0.15) is 12.4 Å². The molecular formula is C25H25N5O2. The number of fused-ring (bicyclic) bond motifs is 1. The fourth-order valence-electron chi connectivity index (χ4n) is 3.72. The van der Waals surface area contributed by atoms with Crippen LogP contribution in [0, 0.1) is 0 Å². The average molecular weight is 428 g/mol. The summed E-state index contributed by atoms with van der Waals surface area (Å²) in [6.45, 7) is 3.13. The van der Waals surface area contributed by atoms with Crippen LogP contribution in [0.2, 0.25) is 0 Å². The first kappa shape index (κ1) is 21.2. The molecule has 0 bridgehead atoms. The molecule has 0 atom stereocenters. The summed E-state index contributed by atoms with van der Waals surface area (Å²) in [5.41, 5.74) is 3.17. The molecule has 2 aromatic carbocycles. The molecule has 1 N–H and O–H groups in total. The van der Waals surface area contributed by atoms with Crippen LogP contribution in [0.1, 0.15) is 23.1 Å². The molecule has 2 aromatic heterocycles. The van der Waals surface area contributed by atoms with Gasteiger partial charge in [0.2, 0.25) is 5.91 Å². The highest BCUT2D eigenvalue weighted by molar-refractivity contribution is 5.94. The molecule has 32 heavy (non-hydrogen) atoms. The van der Waals surface area contributed by atoms with Gasteiger partial charge in [-0.3, -0.25) is 14.6 Å². The van der Waals surface area contributed by atoms with E-state index in [1.807, 2.05) is 66.1 Å². The van der Waals surface area contributed by atoms with E-state index in [2.05, 4.69) is 10.3 Å². The number of pyridine rings is 1. The summed E-state index contributed by atoms with van der Waals surface area (Å²) in [4.78, 5) is 36.0. The minimum Gasteiger partial charge on any atom is -0.352 e. The van der Waals surface area contributed by atoms with Crippen LogP contribution in [0.25, 0.3) is 11.0 Å². The highest BCUT2D eigenvalue weighted by atomic mass is 16.2. The van der Waals surface area contributed by atoms with Crippen LogP contribution in [0.4, 0.5) is 5.69 Å². The molecule has 2 amide bonds. The number of rotatable bonds is 8. The summed E-state index contributed by atoms with van der Waals surface area (Å²) >= 11 is 0. The lowest BCUT2D eigenvalue weighted by molar-refractivity contribution is -0.119. The lowest BCUT2D eigenvalue weighted by atomic mass is 10.2. The third kappa shape index (κ3) is 4.67. The van der Waals surface area contributed by atoms with Crippen LogP contribution in [-0.2, 0) is 17.8 Å². The summed E-state index contributed by atoms with van der Waals surface area (Å²) < 4.78 is 1.95. The van der Waals surface area contributed by atoms with E-state index in [1.165, 1.54) is 0 Å². The molecule has 0 unspecified atom stereocenters. The number of carbonyl (C=O) groups is 2. The topological polar surface area (TPSA) is 80.1 Å². The van der Waals surface area contributed by atoms with E-state index in [0.717, 1.165) is 22.5 Å². The molecular weight excluding hydrogens is 402 g/mol. The molecule has 0 aliphatic rings. The lowest BCUT2D eigenvalue weighted by Gasteiger charge is -2.22. The number of benzene rings is 2. The second-order valence-corrected chi connectivity index (χ2v) is 7.32. The summed E-state index contributed by atoms with van der Waals surface area (Å²) in [6.07, 6.45) is 3.69. The van der Waals surface area contributed by atoms with Gasteiger partial charge in [0.25, 0.3) is 5.91 Å². The Hall–Kier alpha value is -4.00. The zero-order chi connectivity index (χ0) is 22.3. The second-order valence-electron chi connectivity index (χ2n) is 7.32. The Morgan fingerprint density at radius 1 is 0.969 bits per heavy atom. The number of hydrogen-bond donors (Lipinski definition) is 1. The standard InChI is InChI=1S/C25H25N5O2/c1-2-29(20-8-4-3-5-9-20)24(31)18-30-22-11-7-6-10-21(22)28-23(30)14-17-27-25(32)19-12-15-26-16-13-19/h3-13,15-16H,2,14,17-18H2,1H3,(H,27,32). The molecule has 4 aromatic rings. The maximum atomic E-state index is 13.2. The molecule has 0 aliphatic carbocycles. The number of carbonyl (C=O) groups excluding carboxylic acids is 2. The van der Waals surface area contributed by atoms with E-state index in [0.29, 0.717) is 25.1 Å². The molecule has 0 spiro atoms. The third-order valence-electron chi connectivity index (χ3n) is 5.29. The van der Waals surface area contributed by atoms with E-state index in [9.17, 15) is 9.59 Å². The Kier molecular flexibility index (Phi) is 6.55. The van der Waals surface area contributed by atoms with Crippen molar-refractivity contribution in [3.63, 3.8) is 0 Å².